The Morgan fingerprint density at radius 3 is 2.68 bits per heavy atom. The van der Waals surface area contributed by atoms with Crippen LogP contribution in [0.15, 0.2) is 71.9 Å². The molecule has 0 spiro atoms. The molecule has 0 radical (unpaired) electrons. The summed E-state index contributed by atoms with van der Waals surface area (Å²) < 4.78 is 1.75. The number of rotatable bonds is 7. The Hall–Kier alpha value is -4.44. The third-order valence-corrected chi connectivity index (χ3v) is 5.57. The van der Waals surface area contributed by atoms with Crippen molar-refractivity contribution < 1.29 is 4.92 Å². The summed E-state index contributed by atoms with van der Waals surface area (Å²) in [6.07, 6.45) is 2.82. The average Bonchev–Trinajstić information content (AvgIpc) is 3.26. The minimum absolute atomic E-state index is 0.0762. The first-order valence-electron chi connectivity index (χ1n) is 10.4. The number of benzene rings is 2. The molecule has 0 unspecified atom stereocenters. The summed E-state index contributed by atoms with van der Waals surface area (Å²) in [5.41, 5.74) is 2.88. The topological polar surface area (TPSA) is 131 Å². The molecule has 34 heavy (non-hydrogen) atoms. The molecule has 0 bridgehead atoms. The Morgan fingerprint density at radius 2 is 1.88 bits per heavy atom. The van der Waals surface area contributed by atoms with Crippen molar-refractivity contribution in [3.8, 4) is 5.69 Å². The van der Waals surface area contributed by atoms with E-state index in [1.807, 2.05) is 24.3 Å². The number of nitrogens with zero attached hydrogens (tertiary/aromatic N) is 4. The Kier molecular flexibility index (Phi) is 5.56. The van der Waals surface area contributed by atoms with E-state index in [1.54, 1.807) is 35.2 Å². The molecule has 170 valence electrons. The Balaban J connectivity index is 1.48. The van der Waals surface area contributed by atoms with Crippen molar-refractivity contribution in [3.05, 3.63) is 92.6 Å². The van der Waals surface area contributed by atoms with Gasteiger partial charge in [0, 0.05) is 29.6 Å². The van der Waals surface area contributed by atoms with Gasteiger partial charge in [0.15, 0.2) is 0 Å². The second-order valence-corrected chi connectivity index (χ2v) is 7.92. The quantitative estimate of drug-likeness (QED) is 0.181. The molecule has 5 rings (SSSR count). The van der Waals surface area contributed by atoms with Gasteiger partial charge in [0.2, 0.25) is 0 Å². The zero-order chi connectivity index (χ0) is 23.7. The lowest BCUT2D eigenvalue weighted by atomic mass is 10.1. The highest BCUT2D eigenvalue weighted by atomic mass is 35.5. The van der Waals surface area contributed by atoms with Crippen LogP contribution in [0.3, 0.4) is 0 Å². The average molecular weight is 476 g/mol. The highest BCUT2D eigenvalue weighted by Gasteiger charge is 2.17. The lowest BCUT2D eigenvalue weighted by Crippen LogP contribution is -2.21. The molecule has 11 heteroatoms. The minimum Gasteiger partial charge on any atom is -0.381 e. The van der Waals surface area contributed by atoms with E-state index < -0.39 is 4.92 Å². The second kappa shape index (κ2) is 8.83. The largest absolute Gasteiger partial charge is 0.381 e. The number of hydrogen-bond donors (Lipinski definition) is 3. The van der Waals surface area contributed by atoms with Gasteiger partial charge in [-0.05, 0) is 36.4 Å². The molecule has 0 fully saturated rings. The highest BCUT2D eigenvalue weighted by molar-refractivity contribution is 6.31. The van der Waals surface area contributed by atoms with E-state index >= 15 is 0 Å². The molecule has 5 aromatic rings. The van der Waals surface area contributed by atoms with Crippen molar-refractivity contribution in [2.45, 2.75) is 0 Å². The predicted molar refractivity (Wildman–Crippen MR) is 132 cm³/mol. The van der Waals surface area contributed by atoms with Crippen LogP contribution in [0, 0.1) is 10.1 Å². The van der Waals surface area contributed by atoms with Gasteiger partial charge in [0.05, 0.1) is 27.2 Å². The fourth-order valence-electron chi connectivity index (χ4n) is 3.78. The molecule has 3 heterocycles. The molecule has 0 amide bonds. The molecule has 0 aliphatic carbocycles. The molecule has 2 aromatic carbocycles. The first-order valence-corrected chi connectivity index (χ1v) is 10.8. The van der Waals surface area contributed by atoms with E-state index in [0.717, 1.165) is 16.4 Å². The van der Waals surface area contributed by atoms with Gasteiger partial charge in [-0.15, -0.1) is 0 Å². The van der Waals surface area contributed by atoms with E-state index in [4.69, 9.17) is 11.6 Å². The number of para-hydroxylation sites is 2. The number of aromatic nitrogens is 4. The van der Waals surface area contributed by atoms with Gasteiger partial charge >= 0.3 is 0 Å². The number of hydrogen-bond acceptors (Lipinski definition) is 7. The van der Waals surface area contributed by atoms with Crippen LogP contribution in [-0.4, -0.2) is 37.5 Å². The number of H-pyrrole nitrogens is 1. The molecule has 0 aliphatic rings. The zero-order valence-corrected chi connectivity index (χ0v) is 18.4. The van der Waals surface area contributed by atoms with Crippen LogP contribution >= 0.6 is 11.6 Å². The second-order valence-electron chi connectivity index (χ2n) is 7.48. The molecule has 0 saturated heterocycles. The Labute approximate surface area is 197 Å². The zero-order valence-electron chi connectivity index (χ0n) is 17.7. The van der Waals surface area contributed by atoms with Gasteiger partial charge < -0.3 is 15.6 Å². The van der Waals surface area contributed by atoms with Crippen molar-refractivity contribution in [3.63, 3.8) is 0 Å². The number of nitrogens with one attached hydrogen (secondary N) is 3. The number of fused-ring (bicyclic) bond motifs is 2. The van der Waals surface area contributed by atoms with Crippen molar-refractivity contribution in [1.29, 1.82) is 0 Å². The van der Waals surface area contributed by atoms with Crippen molar-refractivity contribution in [1.82, 2.24) is 19.5 Å². The summed E-state index contributed by atoms with van der Waals surface area (Å²) in [5.74, 6) is 0.507. The number of pyridine rings is 2. The summed E-state index contributed by atoms with van der Waals surface area (Å²) in [7, 11) is 0. The lowest BCUT2D eigenvalue weighted by Gasteiger charge is -2.16. The Bertz CT molecular complexity index is 1580. The van der Waals surface area contributed by atoms with E-state index in [0.29, 0.717) is 40.8 Å². The SMILES string of the molecule is O=c1[nH]c2ccc(Cl)cc2c(NCCNc2ccc([N+](=O)[O-])cn2)c1-n1cnc2ccccc21. The number of nitro groups is 1. The number of aromatic amines is 1. The molecule has 0 saturated carbocycles. The number of imidazole rings is 1. The molecule has 3 N–H and O–H groups in total. The molecule has 10 nitrogen and oxygen atoms in total. The van der Waals surface area contributed by atoms with Crippen molar-refractivity contribution >= 4 is 50.7 Å². The summed E-state index contributed by atoms with van der Waals surface area (Å²) in [5, 5.41) is 18.6. The first-order chi connectivity index (χ1) is 16.5. The number of halogens is 1. The van der Waals surface area contributed by atoms with Crippen LogP contribution in [0.25, 0.3) is 27.6 Å². The molecule has 0 aliphatic heterocycles. The van der Waals surface area contributed by atoms with Crippen LogP contribution in [0.5, 0.6) is 0 Å². The fraction of sp³-hybridized carbons (Fsp3) is 0.0870. The van der Waals surface area contributed by atoms with E-state index in [9.17, 15) is 14.9 Å². The minimum atomic E-state index is -0.497. The predicted octanol–water partition coefficient (Wildman–Crippen LogP) is 4.35. The highest BCUT2D eigenvalue weighted by Crippen LogP contribution is 2.30. The van der Waals surface area contributed by atoms with Gasteiger partial charge in [-0.1, -0.05) is 23.7 Å². The smallest absolute Gasteiger partial charge is 0.287 e. The third kappa shape index (κ3) is 4.02. The van der Waals surface area contributed by atoms with E-state index in [2.05, 4.69) is 25.6 Å². The standard InChI is InChI=1S/C23H18ClN7O3/c24-14-5-7-17-16(11-14)21(26-10-9-25-20-8-6-15(12-27-20)31(33)34)22(23(32)29-17)30-13-28-18-3-1-2-4-19(18)30/h1-8,11-13H,9-10H2,(H,25,27)(H2,26,29,32). The van der Waals surface area contributed by atoms with Crippen LogP contribution < -0.4 is 16.2 Å². The van der Waals surface area contributed by atoms with E-state index in [-0.39, 0.29) is 11.2 Å². The maximum Gasteiger partial charge on any atom is 0.287 e. The van der Waals surface area contributed by atoms with Gasteiger partial charge in [-0.3, -0.25) is 19.5 Å². The summed E-state index contributed by atoms with van der Waals surface area (Å²) in [6, 6.07) is 15.8. The van der Waals surface area contributed by atoms with Crippen LogP contribution in [0.4, 0.5) is 17.2 Å². The van der Waals surface area contributed by atoms with Gasteiger partial charge in [-0.25, -0.2) is 9.97 Å². The van der Waals surface area contributed by atoms with Gasteiger partial charge in [0.1, 0.15) is 24.0 Å². The molecular formula is C23H18ClN7O3. The van der Waals surface area contributed by atoms with Crippen LogP contribution in [0.1, 0.15) is 0 Å². The maximum atomic E-state index is 13.2. The van der Waals surface area contributed by atoms with Gasteiger partial charge in [-0.2, -0.15) is 0 Å². The van der Waals surface area contributed by atoms with Gasteiger partial charge in [0.25, 0.3) is 11.2 Å². The van der Waals surface area contributed by atoms with Crippen molar-refractivity contribution in [2.24, 2.45) is 0 Å². The fourth-order valence-corrected chi connectivity index (χ4v) is 3.95. The summed E-state index contributed by atoms with van der Waals surface area (Å²) >= 11 is 6.27. The monoisotopic (exact) mass is 475 g/mol. The molecule has 3 aromatic heterocycles. The van der Waals surface area contributed by atoms with Crippen LogP contribution in [-0.2, 0) is 0 Å². The summed E-state index contributed by atoms with van der Waals surface area (Å²) in [4.78, 5) is 34.8. The summed E-state index contributed by atoms with van der Waals surface area (Å²) in [6.45, 7) is 0.882. The Morgan fingerprint density at radius 1 is 1.06 bits per heavy atom. The van der Waals surface area contributed by atoms with E-state index in [1.165, 1.54) is 12.3 Å². The third-order valence-electron chi connectivity index (χ3n) is 5.34. The first kappa shape index (κ1) is 21.4. The molecular weight excluding hydrogens is 458 g/mol. The normalized spacial score (nSPS) is 11.1. The molecule has 0 atom stereocenters. The van der Waals surface area contributed by atoms with Crippen molar-refractivity contribution in [2.75, 3.05) is 23.7 Å². The van der Waals surface area contributed by atoms with Crippen LogP contribution in [0.2, 0.25) is 5.02 Å². The lowest BCUT2D eigenvalue weighted by molar-refractivity contribution is -0.385. The number of anilines is 2. The maximum absolute atomic E-state index is 13.2.